The first-order valence-electron chi connectivity index (χ1n) is 5.78. The van der Waals surface area contributed by atoms with Crippen LogP contribution in [0.3, 0.4) is 0 Å². The number of rotatable bonds is 4. The molecule has 0 aromatic carbocycles. The van der Waals surface area contributed by atoms with Gasteiger partial charge in [0.15, 0.2) is 0 Å². The fourth-order valence-corrected chi connectivity index (χ4v) is 1.67. The molecule has 18 heavy (non-hydrogen) atoms. The van der Waals surface area contributed by atoms with E-state index in [2.05, 4.69) is 10.2 Å². The molecule has 0 spiro atoms. The second-order valence-corrected chi connectivity index (χ2v) is 4.26. The van der Waals surface area contributed by atoms with Crippen LogP contribution in [0.4, 0.5) is 18.0 Å². The lowest BCUT2D eigenvalue weighted by molar-refractivity contribution is -0.122. The second-order valence-electron chi connectivity index (χ2n) is 4.26. The first-order valence-corrected chi connectivity index (χ1v) is 5.78. The molecule has 1 unspecified atom stereocenters. The Kier molecular flexibility index (Phi) is 5.67. The molecule has 2 amide bonds. The number of nitrogens with one attached hydrogen (secondary N) is 2. The first-order chi connectivity index (χ1) is 8.37. The number of morpholine rings is 1. The van der Waals surface area contributed by atoms with Gasteiger partial charge in [0.1, 0.15) is 6.54 Å². The van der Waals surface area contributed by atoms with E-state index in [1.165, 1.54) is 0 Å². The number of hydrogen-bond acceptors (Lipinski definition) is 3. The highest BCUT2D eigenvalue weighted by Gasteiger charge is 2.28. The number of hydrogen-bond donors (Lipinski definition) is 2. The summed E-state index contributed by atoms with van der Waals surface area (Å²) in [5, 5.41) is 4.24. The van der Waals surface area contributed by atoms with E-state index in [-0.39, 0.29) is 6.04 Å². The van der Waals surface area contributed by atoms with Crippen LogP contribution in [0.2, 0.25) is 0 Å². The van der Waals surface area contributed by atoms with Crippen LogP contribution in [0.15, 0.2) is 0 Å². The predicted molar refractivity (Wildman–Crippen MR) is 59.3 cm³/mol. The van der Waals surface area contributed by atoms with Crippen molar-refractivity contribution in [2.75, 3.05) is 39.4 Å². The van der Waals surface area contributed by atoms with Crippen molar-refractivity contribution >= 4 is 6.03 Å². The maximum Gasteiger partial charge on any atom is 0.405 e. The summed E-state index contributed by atoms with van der Waals surface area (Å²) in [6.07, 6.45) is -4.38. The molecular weight excluding hydrogens is 251 g/mol. The Morgan fingerprint density at radius 3 is 2.56 bits per heavy atom. The first kappa shape index (κ1) is 15.0. The molecule has 0 aromatic heterocycles. The monoisotopic (exact) mass is 269 g/mol. The Balaban J connectivity index is 2.18. The van der Waals surface area contributed by atoms with Crippen molar-refractivity contribution in [3.8, 4) is 0 Å². The van der Waals surface area contributed by atoms with Gasteiger partial charge in [-0.3, -0.25) is 4.90 Å². The van der Waals surface area contributed by atoms with Crippen molar-refractivity contribution in [3.63, 3.8) is 0 Å². The van der Waals surface area contributed by atoms with Crippen LogP contribution in [0, 0.1) is 0 Å². The van der Waals surface area contributed by atoms with Crippen molar-refractivity contribution in [1.82, 2.24) is 15.5 Å². The van der Waals surface area contributed by atoms with Gasteiger partial charge in [0, 0.05) is 25.7 Å². The highest BCUT2D eigenvalue weighted by molar-refractivity contribution is 5.74. The van der Waals surface area contributed by atoms with Gasteiger partial charge in [-0.1, -0.05) is 0 Å². The third-order valence-corrected chi connectivity index (χ3v) is 2.46. The molecule has 8 heteroatoms. The third kappa shape index (κ3) is 6.65. The van der Waals surface area contributed by atoms with Gasteiger partial charge in [0.25, 0.3) is 0 Å². The average molecular weight is 269 g/mol. The van der Waals surface area contributed by atoms with Crippen molar-refractivity contribution < 1.29 is 22.7 Å². The van der Waals surface area contributed by atoms with Gasteiger partial charge in [0.05, 0.1) is 13.2 Å². The lowest BCUT2D eigenvalue weighted by atomic mass is 10.3. The zero-order valence-electron chi connectivity index (χ0n) is 10.2. The minimum absolute atomic E-state index is 0.212. The Hall–Kier alpha value is -1.02. The molecule has 0 bridgehead atoms. The molecule has 106 valence electrons. The van der Waals surface area contributed by atoms with E-state index in [1.807, 2.05) is 0 Å². The summed E-state index contributed by atoms with van der Waals surface area (Å²) in [6.45, 7) is 3.88. The van der Waals surface area contributed by atoms with Crippen LogP contribution in [0.5, 0.6) is 0 Å². The van der Waals surface area contributed by atoms with Crippen LogP contribution in [0.1, 0.15) is 6.92 Å². The maximum absolute atomic E-state index is 11.9. The molecule has 1 saturated heterocycles. The van der Waals surface area contributed by atoms with Gasteiger partial charge < -0.3 is 15.4 Å². The topological polar surface area (TPSA) is 53.6 Å². The highest BCUT2D eigenvalue weighted by atomic mass is 19.4. The summed E-state index contributed by atoms with van der Waals surface area (Å²) in [7, 11) is 0. The largest absolute Gasteiger partial charge is 0.405 e. The number of halogens is 3. The Morgan fingerprint density at radius 1 is 1.39 bits per heavy atom. The number of carbonyl (C=O) groups is 1. The van der Waals surface area contributed by atoms with E-state index in [0.717, 1.165) is 13.1 Å². The fraction of sp³-hybridized carbons (Fsp3) is 0.900. The molecule has 0 aromatic rings. The van der Waals surface area contributed by atoms with E-state index in [9.17, 15) is 18.0 Å². The molecular formula is C10H18F3N3O2. The van der Waals surface area contributed by atoms with Crippen LogP contribution in [-0.2, 0) is 4.74 Å². The predicted octanol–water partition coefficient (Wildman–Crippen LogP) is 0.569. The van der Waals surface area contributed by atoms with Crippen molar-refractivity contribution in [1.29, 1.82) is 0 Å². The normalized spacial score (nSPS) is 19.3. The minimum atomic E-state index is -4.38. The molecule has 1 fully saturated rings. The van der Waals surface area contributed by atoms with Gasteiger partial charge >= 0.3 is 12.2 Å². The zero-order valence-corrected chi connectivity index (χ0v) is 10.2. The lowest BCUT2D eigenvalue weighted by Gasteiger charge is -2.29. The summed E-state index contributed by atoms with van der Waals surface area (Å²) in [5.41, 5.74) is 0. The van der Waals surface area contributed by atoms with Gasteiger partial charge in [-0.25, -0.2) is 4.79 Å². The molecule has 1 atom stereocenters. The van der Waals surface area contributed by atoms with E-state index in [0.29, 0.717) is 19.8 Å². The molecule has 0 radical (unpaired) electrons. The van der Waals surface area contributed by atoms with Crippen molar-refractivity contribution in [2.45, 2.75) is 19.1 Å². The molecule has 0 aliphatic carbocycles. The number of alkyl halides is 3. The SMILES string of the molecule is CC(CN1CCOCC1)NC(=O)NCC(F)(F)F. The van der Waals surface area contributed by atoms with E-state index >= 15 is 0 Å². The molecule has 1 aliphatic rings. The van der Waals surface area contributed by atoms with Gasteiger partial charge in [0.2, 0.25) is 0 Å². The third-order valence-electron chi connectivity index (χ3n) is 2.46. The van der Waals surface area contributed by atoms with Gasteiger partial charge in [-0.2, -0.15) is 13.2 Å². The van der Waals surface area contributed by atoms with Crippen molar-refractivity contribution in [3.05, 3.63) is 0 Å². The second kappa shape index (κ2) is 6.79. The molecule has 1 rings (SSSR count). The van der Waals surface area contributed by atoms with Crippen LogP contribution in [-0.4, -0.2) is 62.5 Å². The zero-order chi connectivity index (χ0) is 13.6. The summed E-state index contributed by atoms with van der Waals surface area (Å²) < 4.78 is 40.8. The van der Waals surface area contributed by atoms with E-state index in [1.54, 1.807) is 12.2 Å². The molecule has 1 aliphatic heterocycles. The summed E-state index contributed by atoms with van der Waals surface area (Å²) in [4.78, 5) is 13.3. The minimum Gasteiger partial charge on any atom is -0.379 e. The van der Waals surface area contributed by atoms with Gasteiger partial charge in [-0.05, 0) is 6.92 Å². The Morgan fingerprint density at radius 2 is 2.00 bits per heavy atom. The number of amides is 2. The standard InChI is InChI=1S/C10H18F3N3O2/c1-8(6-16-2-4-18-5-3-16)15-9(17)14-7-10(11,12)13/h8H,2-7H2,1H3,(H2,14,15,17). The smallest absolute Gasteiger partial charge is 0.379 e. The van der Waals surface area contributed by atoms with Crippen LogP contribution < -0.4 is 10.6 Å². The Bertz CT molecular complexity index is 268. The van der Waals surface area contributed by atoms with E-state index < -0.39 is 18.8 Å². The van der Waals surface area contributed by atoms with Gasteiger partial charge in [-0.15, -0.1) is 0 Å². The number of urea groups is 1. The molecule has 0 saturated carbocycles. The fourth-order valence-electron chi connectivity index (χ4n) is 1.67. The summed E-state index contributed by atoms with van der Waals surface area (Å²) in [5.74, 6) is 0. The number of carbonyl (C=O) groups excluding carboxylic acids is 1. The van der Waals surface area contributed by atoms with Crippen molar-refractivity contribution in [2.24, 2.45) is 0 Å². The summed E-state index contributed by atoms with van der Waals surface area (Å²) >= 11 is 0. The average Bonchev–Trinajstić information content (AvgIpc) is 2.26. The van der Waals surface area contributed by atoms with Crippen LogP contribution >= 0.6 is 0 Å². The number of ether oxygens (including phenoxy) is 1. The Labute approximate surface area is 104 Å². The maximum atomic E-state index is 11.9. The quantitative estimate of drug-likeness (QED) is 0.784. The molecule has 2 N–H and O–H groups in total. The molecule has 1 heterocycles. The van der Waals surface area contributed by atoms with E-state index in [4.69, 9.17) is 4.74 Å². The lowest BCUT2D eigenvalue weighted by Crippen LogP contribution is -2.49. The number of nitrogens with zero attached hydrogens (tertiary/aromatic N) is 1. The highest BCUT2D eigenvalue weighted by Crippen LogP contribution is 2.11. The van der Waals surface area contributed by atoms with Crippen LogP contribution in [0.25, 0.3) is 0 Å². The molecule has 5 nitrogen and oxygen atoms in total. The summed E-state index contributed by atoms with van der Waals surface area (Å²) in [6, 6.07) is -1.01.